The molecule has 1 amide bonds. The van der Waals surface area contributed by atoms with Crippen LogP contribution in [0.1, 0.15) is 71.2 Å². The minimum Gasteiger partial charge on any atom is -0.376 e. The Bertz CT molecular complexity index is 1530. The maximum Gasteiger partial charge on any atom is 0.475 e. The first-order chi connectivity index (χ1) is 21.0. The van der Waals surface area contributed by atoms with E-state index in [2.05, 4.69) is 31.7 Å². The van der Waals surface area contributed by atoms with E-state index < -0.39 is 30.7 Å². The summed E-state index contributed by atoms with van der Waals surface area (Å²) in [6, 6.07) is 6.58. The molecular weight excluding hydrogens is 694 g/mol. The molecule has 2 N–H and O–H groups in total. The number of fused-ring (bicyclic) bond motifs is 1. The molecule has 1 saturated heterocycles. The SMILES string of the molecule is CC(C)(C)OP(=O)(OCCONC(=O)c1cc2c(ncn2CC2CCCCO2)c(F)c1Nc1ccc(Br)cc1Cl)OC(C)(C)C. The molecule has 1 unspecified atom stereocenters. The molecule has 4 rings (SSSR count). The van der Waals surface area contributed by atoms with Gasteiger partial charge in [-0.2, -0.15) is 0 Å². The molecule has 11 nitrogen and oxygen atoms in total. The Balaban J connectivity index is 1.54. The number of imidazole rings is 1. The summed E-state index contributed by atoms with van der Waals surface area (Å²) in [5, 5.41) is 3.26. The fourth-order valence-corrected chi connectivity index (χ4v) is 7.11. The van der Waals surface area contributed by atoms with Gasteiger partial charge in [0.25, 0.3) is 5.91 Å². The van der Waals surface area contributed by atoms with Gasteiger partial charge >= 0.3 is 7.82 Å². The lowest BCUT2D eigenvalue weighted by Gasteiger charge is -2.30. The number of aromatic nitrogens is 2. The molecule has 0 aliphatic carbocycles. The lowest BCUT2D eigenvalue weighted by Crippen LogP contribution is -2.28. The molecule has 2 aromatic carbocycles. The molecule has 1 fully saturated rings. The van der Waals surface area contributed by atoms with E-state index in [0.717, 1.165) is 23.7 Å². The molecule has 3 aromatic rings. The zero-order chi connectivity index (χ0) is 33.0. The topological polar surface area (TPSA) is 122 Å². The molecular formula is C30H40BrClFN4O7P. The van der Waals surface area contributed by atoms with Crippen molar-refractivity contribution in [2.75, 3.05) is 25.1 Å². The van der Waals surface area contributed by atoms with Crippen molar-refractivity contribution >= 4 is 63.7 Å². The second-order valence-electron chi connectivity index (χ2n) is 12.6. The second kappa shape index (κ2) is 14.8. The van der Waals surface area contributed by atoms with Crippen molar-refractivity contribution in [3.05, 3.63) is 51.5 Å². The van der Waals surface area contributed by atoms with Gasteiger partial charge in [-0.1, -0.05) is 27.5 Å². The second-order valence-corrected chi connectivity index (χ2v) is 15.4. The van der Waals surface area contributed by atoms with Crippen LogP contribution in [0.3, 0.4) is 0 Å². The monoisotopic (exact) mass is 732 g/mol. The van der Waals surface area contributed by atoms with E-state index in [1.807, 2.05) is 0 Å². The third-order valence-electron chi connectivity index (χ3n) is 6.34. The van der Waals surface area contributed by atoms with Crippen molar-refractivity contribution in [3.63, 3.8) is 0 Å². The number of benzene rings is 2. The average molecular weight is 734 g/mol. The van der Waals surface area contributed by atoms with Crippen molar-refractivity contribution in [1.82, 2.24) is 15.0 Å². The fraction of sp³-hybridized carbons (Fsp3) is 0.533. The van der Waals surface area contributed by atoms with E-state index in [4.69, 9.17) is 34.7 Å². The van der Waals surface area contributed by atoms with Gasteiger partial charge in [0.15, 0.2) is 5.82 Å². The highest BCUT2D eigenvalue weighted by Gasteiger charge is 2.37. The van der Waals surface area contributed by atoms with Crippen molar-refractivity contribution in [2.24, 2.45) is 0 Å². The minimum absolute atomic E-state index is 0.0419. The molecule has 0 saturated carbocycles. The first kappa shape index (κ1) is 35.8. The van der Waals surface area contributed by atoms with Crippen molar-refractivity contribution < 1.29 is 36.9 Å². The van der Waals surface area contributed by atoms with E-state index in [1.54, 1.807) is 70.4 Å². The number of anilines is 2. The first-order valence-electron chi connectivity index (χ1n) is 14.6. The summed E-state index contributed by atoms with van der Waals surface area (Å²) in [4.78, 5) is 23.1. The summed E-state index contributed by atoms with van der Waals surface area (Å²) >= 11 is 9.76. The number of carbonyl (C=O) groups is 1. The Morgan fingerprint density at radius 1 is 1.16 bits per heavy atom. The van der Waals surface area contributed by atoms with E-state index in [-0.39, 0.29) is 36.1 Å². The third kappa shape index (κ3) is 10.2. The smallest absolute Gasteiger partial charge is 0.376 e. The van der Waals surface area contributed by atoms with Crippen molar-refractivity contribution in [1.29, 1.82) is 0 Å². The summed E-state index contributed by atoms with van der Waals surface area (Å²) in [6.45, 7) is 11.0. The number of phosphoric acid groups is 1. The van der Waals surface area contributed by atoms with Crippen molar-refractivity contribution in [2.45, 2.75) is 84.7 Å². The Kier molecular flexibility index (Phi) is 11.7. The maximum atomic E-state index is 16.1. The Labute approximate surface area is 276 Å². The lowest BCUT2D eigenvalue weighted by molar-refractivity contribution is -0.0164. The van der Waals surface area contributed by atoms with E-state index in [0.29, 0.717) is 29.4 Å². The number of hydrogen-bond donors (Lipinski definition) is 2. The number of hydroxylamine groups is 1. The zero-order valence-corrected chi connectivity index (χ0v) is 29.5. The van der Waals surface area contributed by atoms with Gasteiger partial charge in [-0.15, -0.1) is 0 Å². The summed E-state index contributed by atoms with van der Waals surface area (Å²) in [5.41, 5.74) is 1.40. The average Bonchev–Trinajstić information content (AvgIpc) is 3.32. The summed E-state index contributed by atoms with van der Waals surface area (Å²) in [5.74, 6) is -1.48. The molecule has 2 heterocycles. The van der Waals surface area contributed by atoms with Gasteiger partial charge in [0, 0.05) is 11.1 Å². The molecule has 15 heteroatoms. The molecule has 1 aromatic heterocycles. The number of carbonyl (C=O) groups excluding carboxylic acids is 1. The predicted molar refractivity (Wildman–Crippen MR) is 174 cm³/mol. The van der Waals surface area contributed by atoms with E-state index >= 15 is 4.39 Å². The lowest BCUT2D eigenvalue weighted by atomic mass is 10.1. The molecule has 1 aliphatic rings. The van der Waals surface area contributed by atoms with Crippen LogP contribution in [0.15, 0.2) is 35.1 Å². The van der Waals surface area contributed by atoms with Gasteiger partial charge < -0.3 is 14.6 Å². The summed E-state index contributed by atoms with van der Waals surface area (Å²) in [6.07, 6.45) is 4.42. The van der Waals surface area contributed by atoms with Crippen LogP contribution in [0, 0.1) is 5.82 Å². The van der Waals surface area contributed by atoms with Crippen LogP contribution in [0.5, 0.6) is 0 Å². The van der Waals surface area contributed by atoms with Crippen LogP contribution in [-0.2, 0) is 34.3 Å². The standard InChI is InChI=1S/C30H40BrClFN4O7P/c1-29(2,3)43-45(39,44-30(4,5)6)42-14-13-41-36-28(38)21-16-24-27(34-18-37(24)17-20-9-7-8-12-40-20)25(33)26(21)35-23-11-10-19(31)15-22(23)32/h10-11,15-16,18,20,35H,7-9,12-14,17H2,1-6H3,(H,36,38). The zero-order valence-electron chi connectivity index (χ0n) is 26.2. The molecule has 248 valence electrons. The Morgan fingerprint density at radius 3 is 2.49 bits per heavy atom. The van der Waals surface area contributed by atoms with Crippen LogP contribution in [0.4, 0.5) is 15.8 Å². The molecule has 0 bridgehead atoms. The Morgan fingerprint density at radius 2 is 1.87 bits per heavy atom. The van der Waals surface area contributed by atoms with Gasteiger partial charge in [0.2, 0.25) is 0 Å². The van der Waals surface area contributed by atoms with Crippen LogP contribution in [0.2, 0.25) is 5.02 Å². The summed E-state index contributed by atoms with van der Waals surface area (Å²) < 4.78 is 54.4. The van der Waals surface area contributed by atoms with Crippen LogP contribution in [0.25, 0.3) is 11.0 Å². The molecule has 45 heavy (non-hydrogen) atoms. The number of rotatable bonds is 12. The first-order valence-corrected chi connectivity index (χ1v) is 17.3. The van der Waals surface area contributed by atoms with Crippen LogP contribution < -0.4 is 10.8 Å². The highest BCUT2D eigenvalue weighted by Crippen LogP contribution is 2.55. The number of hydrogen-bond acceptors (Lipinski definition) is 9. The Hall–Kier alpha value is -2.09. The van der Waals surface area contributed by atoms with Gasteiger partial charge in [0.1, 0.15) is 5.52 Å². The highest BCUT2D eigenvalue weighted by molar-refractivity contribution is 9.10. The quantitative estimate of drug-likeness (QED) is 0.108. The van der Waals surface area contributed by atoms with Gasteiger partial charge in [-0.25, -0.2) is 19.4 Å². The van der Waals surface area contributed by atoms with Crippen molar-refractivity contribution in [3.8, 4) is 0 Å². The van der Waals surface area contributed by atoms with Crippen LogP contribution in [-0.4, -0.2) is 52.6 Å². The van der Waals surface area contributed by atoms with Gasteiger partial charge in [-0.3, -0.25) is 23.2 Å². The number of halogens is 3. The maximum absolute atomic E-state index is 16.1. The number of amides is 1. The number of ether oxygens (including phenoxy) is 1. The third-order valence-corrected chi connectivity index (χ3v) is 9.18. The molecule has 1 atom stereocenters. The van der Waals surface area contributed by atoms with E-state index in [9.17, 15) is 9.36 Å². The minimum atomic E-state index is -3.98. The fourth-order valence-electron chi connectivity index (χ4n) is 4.61. The normalized spacial score (nSPS) is 16.2. The van der Waals surface area contributed by atoms with E-state index in [1.165, 1.54) is 6.33 Å². The predicted octanol–water partition coefficient (Wildman–Crippen LogP) is 8.32. The molecule has 0 radical (unpaired) electrons. The van der Waals surface area contributed by atoms with Gasteiger partial charge in [-0.05, 0) is 85.1 Å². The summed E-state index contributed by atoms with van der Waals surface area (Å²) in [7, 11) is -3.98. The highest BCUT2D eigenvalue weighted by atomic mass is 79.9. The van der Waals surface area contributed by atoms with Gasteiger partial charge in [0.05, 0.1) is 70.9 Å². The number of phosphoric ester groups is 1. The molecule has 1 aliphatic heterocycles. The molecule has 0 spiro atoms. The van der Waals surface area contributed by atoms with Crippen LogP contribution >= 0.6 is 35.4 Å². The number of nitrogens with one attached hydrogen (secondary N) is 2. The number of nitrogens with zero attached hydrogens (tertiary/aromatic N) is 2. The largest absolute Gasteiger partial charge is 0.475 e.